The summed E-state index contributed by atoms with van der Waals surface area (Å²) < 4.78 is 8.26. The number of hydrogen-bond donors (Lipinski definition) is 2. The van der Waals surface area contributed by atoms with Gasteiger partial charge in [0.05, 0.1) is 19.3 Å². The molecule has 0 aliphatic heterocycles. The monoisotopic (exact) mass is 411 g/mol. The molecule has 6 nitrogen and oxygen atoms in total. The van der Waals surface area contributed by atoms with Crippen LogP contribution in [0.3, 0.4) is 0 Å². The molecule has 0 radical (unpaired) electrons. The van der Waals surface area contributed by atoms with Gasteiger partial charge in [0.25, 0.3) is 0 Å². The highest BCUT2D eigenvalue weighted by Gasteiger charge is 2.12. The second-order valence-electron chi connectivity index (χ2n) is 7.88. The predicted octanol–water partition coefficient (Wildman–Crippen LogP) is 3.77. The van der Waals surface area contributed by atoms with E-state index in [4.69, 9.17) is 4.74 Å². The summed E-state index contributed by atoms with van der Waals surface area (Å²) in [6.45, 7) is 5.96. The molecule has 3 rings (SSSR count). The Morgan fingerprint density at radius 1 is 1.13 bits per heavy atom. The third kappa shape index (κ3) is 7.82. The van der Waals surface area contributed by atoms with Crippen LogP contribution in [-0.4, -0.2) is 47.9 Å². The Bertz CT molecular complexity index is 735. The maximum atomic E-state index is 6.05. The molecular weight excluding hydrogens is 374 g/mol. The van der Waals surface area contributed by atoms with Crippen LogP contribution in [0.15, 0.2) is 47.7 Å². The van der Waals surface area contributed by atoms with Crippen LogP contribution < -0.4 is 10.6 Å². The molecule has 30 heavy (non-hydrogen) atoms. The van der Waals surface area contributed by atoms with E-state index >= 15 is 0 Å². The van der Waals surface area contributed by atoms with Crippen molar-refractivity contribution in [3.05, 3.63) is 54.1 Å². The lowest BCUT2D eigenvalue weighted by atomic mass is 10.1. The van der Waals surface area contributed by atoms with Gasteiger partial charge < -0.3 is 19.9 Å². The molecule has 2 aromatic rings. The molecule has 0 unspecified atom stereocenters. The number of nitrogens with zero attached hydrogens (tertiary/aromatic N) is 3. The first-order valence-electron chi connectivity index (χ1n) is 11.5. The van der Waals surface area contributed by atoms with Crippen molar-refractivity contribution >= 4 is 5.96 Å². The summed E-state index contributed by atoms with van der Waals surface area (Å²) in [6, 6.07) is 10.5. The van der Waals surface area contributed by atoms with Crippen molar-refractivity contribution in [2.75, 3.05) is 26.2 Å². The van der Waals surface area contributed by atoms with Gasteiger partial charge in [-0.25, -0.2) is 4.98 Å². The second-order valence-corrected chi connectivity index (χ2v) is 7.88. The molecule has 1 aromatic heterocycles. The Balaban J connectivity index is 1.41. The Morgan fingerprint density at radius 2 is 1.93 bits per heavy atom. The number of ether oxygens (including phenoxy) is 1. The van der Waals surface area contributed by atoms with Crippen LogP contribution in [-0.2, 0) is 17.7 Å². The first kappa shape index (κ1) is 22.3. The van der Waals surface area contributed by atoms with Crippen LogP contribution in [0.4, 0.5) is 0 Å². The Hall–Kier alpha value is -2.34. The molecule has 1 aromatic carbocycles. The molecule has 1 saturated carbocycles. The van der Waals surface area contributed by atoms with Gasteiger partial charge in [-0.2, -0.15) is 0 Å². The number of aromatic nitrogens is 2. The fourth-order valence-corrected chi connectivity index (χ4v) is 3.91. The van der Waals surface area contributed by atoms with Crippen molar-refractivity contribution in [2.24, 2.45) is 4.99 Å². The molecular formula is C24H37N5O. The van der Waals surface area contributed by atoms with E-state index in [2.05, 4.69) is 56.4 Å². The van der Waals surface area contributed by atoms with Gasteiger partial charge in [-0.3, -0.25) is 4.99 Å². The van der Waals surface area contributed by atoms with E-state index in [1.165, 1.54) is 44.1 Å². The summed E-state index contributed by atoms with van der Waals surface area (Å²) in [5.41, 5.74) is 1.29. The predicted molar refractivity (Wildman–Crippen MR) is 123 cm³/mol. The van der Waals surface area contributed by atoms with Gasteiger partial charge >= 0.3 is 0 Å². The first-order chi connectivity index (χ1) is 14.8. The third-order valence-electron chi connectivity index (χ3n) is 5.50. The van der Waals surface area contributed by atoms with Crippen molar-refractivity contribution < 1.29 is 4.74 Å². The lowest BCUT2D eigenvalue weighted by Crippen LogP contribution is -2.38. The summed E-state index contributed by atoms with van der Waals surface area (Å²) in [6.07, 6.45) is 12.9. The quantitative estimate of drug-likeness (QED) is 0.270. The van der Waals surface area contributed by atoms with E-state index < -0.39 is 0 Å². The molecule has 1 fully saturated rings. The minimum absolute atomic E-state index is 0.432. The van der Waals surface area contributed by atoms with Crippen molar-refractivity contribution in [1.29, 1.82) is 0 Å². The molecule has 164 valence electrons. The van der Waals surface area contributed by atoms with Crippen molar-refractivity contribution in [3.8, 4) is 0 Å². The van der Waals surface area contributed by atoms with Crippen molar-refractivity contribution in [1.82, 2.24) is 20.2 Å². The zero-order valence-electron chi connectivity index (χ0n) is 18.4. The third-order valence-corrected chi connectivity index (χ3v) is 5.50. The molecule has 6 heteroatoms. The Labute approximate surface area is 181 Å². The molecule has 0 spiro atoms. The number of guanidine groups is 1. The zero-order valence-corrected chi connectivity index (χ0v) is 18.4. The average molecular weight is 412 g/mol. The maximum Gasteiger partial charge on any atom is 0.191 e. The zero-order chi connectivity index (χ0) is 20.9. The Kier molecular flexibility index (Phi) is 9.73. The molecule has 2 N–H and O–H groups in total. The minimum Gasteiger partial charge on any atom is -0.376 e. The summed E-state index contributed by atoms with van der Waals surface area (Å²) in [4.78, 5) is 9.21. The van der Waals surface area contributed by atoms with Crippen molar-refractivity contribution in [3.63, 3.8) is 0 Å². The number of benzene rings is 1. The summed E-state index contributed by atoms with van der Waals surface area (Å²) in [5, 5.41) is 6.75. The van der Waals surface area contributed by atoms with Gasteiger partial charge in [0.15, 0.2) is 5.96 Å². The number of aliphatic imine (C=N–C) groups is 1. The van der Waals surface area contributed by atoms with E-state index in [-0.39, 0.29) is 0 Å². The Morgan fingerprint density at radius 3 is 2.70 bits per heavy atom. The SMILES string of the molecule is CCNC(=NCCOC1CCCCCC1)NCCc1nccn1Cc1ccccc1. The van der Waals surface area contributed by atoms with E-state index in [0.29, 0.717) is 19.3 Å². The van der Waals surface area contributed by atoms with Crippen LogP contribution in [0.1, 0.15) is 56.8 Å². The standard InChI is InChI=1S/C24H37N5O/c1-2-25-24(28-17-19-30-22-12-8-3-4-9-13-22)27-15-14-23-26-16-18-29(23)20-21-10-6-5-7-11-21/h5-7,10-11,16,18,22H,2-4,8-9,12-15,17,19-20H2,1H3,(H2,25,27,28). The molecule has 0 saturated heterocycles. The van der Waals surface area contributed by atoms with Gasteiger partial charge in [-0.15, -0.1) is 0 Å². The molecule has 1 heterocycles. The fraction of sp³-hybridized carbons (Fsp3) is 0.583. The lowest BCUT2D eigenvalue weighted by molar-refractivity contribution is 0.0487. The van der Waals surface area contributed by atoms with E-state index in [1.54, 1.807) is 0 Å². The molecule has 0 bridgehead atoms. The van der Waals surface area contributed by atoms with E-state index in [9.17, 15) is 0 Å². The van der Waals surface area contributed by atoms with Gasteiger partial charge in [-0.1, -0.05) is 56.0 Å². The highest BCUT2D eigenvalue weighted by Crippen LogP contribution is 2.19. The topological polar surface area (TPSA) is 63.5 Å². The highest BCUT2D eigenvalue weighted by atomic mass is 16.5. The van der Waals surface area contributed by atoms with Gasteiger partial charge in [-0.05, 0) is 25.3 Å². The second kappa shape index (κ2) is 13.1. The fourth-order valence-electron chi connectivity index (χ4n) is 3.91. The summed E-state index contributed by atoms with van der Waals surface area (Å²) in [7, 11) is 0. The lowest BCUT2D eigenvalue weighted by Gasteiger charge is -2.15. The normalized spacial score (nSPS) is 15.7. The van der Waals surface area contributed by atoms with Crippen LogP contribution in [0, 0.1) is 0 Å². The first-order valence-corrected chi connectivity index (χ1v) is 11.5. The largest absolute Gasteiger partial charge is 0.376 e. The smallest absolute Gasteiger partial charge is 0.191 e. The molecule has 0 atom stereocenters. The summed E-state index contributed by atoms with van der Waals surface area (Å²) in [5.74, 6) is 1.93. The van der Waals surface area contributed by atoms with E-state index in [0.717, 1.165) is 37.8 Å². The van der Waals surface area contributed by atoms with Crippen LogP contribution in [0.5, 0.6) is 0 Å². The van der Waals surface area contributed by atoms with E-state index in [1.807, 2.05) is 18.5 Å². The molecule has 0 amide bonds. The number of rotatable bonds is 10. The van der Waals surface area contributed by atoms with Crippen LogP contribution >= 0.6 is 0 Å². The van der Waals surface area contributed by atoms with Gasteiger partial charge in [0.2, 0.25) is 0 Å². The highest BCUT2D eigenvalue weighted by molar-refractivity contribution is 5.79. The average Bonchev–Trinajstić information content (AvgIpc) is 3.03. The molecule has 1 aliphatic rings. The van der Waals surface area contributed by atoms with Crippen LogP contribution in [0.25, 0.3) is 0 Å². The minimum atomic E-state index is 0.432. The van der Waals surface area contributed by atoms with Gasteiger partial charge in [0.1, 0.15) is 5.82 Å². The van der Waals surface area contributed by atoms with Crippen molar-refractivity contribution in [2.45, 2.75) is 64.5 Å². The maximum absolute atomic E-state index is 6.05. The molecule has 1 aliphatic carbocycles. The summed E-state index contributed by atoms with van der Waals surface area (Å²) >= 11 is 0. The van der Waals surface area contributed by atoms with Gasteiger partial charge in [0, 0.05) is 38.4 Å². The number of nitrogens with one attached hydrogen (secondary N) is 2. The van der Waals surface area contributed by atoms with Crippen LogP contribution in [0.2, 0.25) is 0 Å². The number of hydrogen-bond acceptors (Lipinski definition) is 3. The number of imidazole rings is 1.